The van der Waals surface area contributed by atoms with E-state index in [0.29, 0.717) is 55.6 Å². The van der Waals surface area contributed by atoms with Crippen LogP contribution >= 0.6 is 0 Å². The normalized spacial score (nSPS) is 17.8. The molecule has 1 fully saturated rings. The maximum atomic E-state index is 13.0. The smallest absolute Gasteiger partial charge is 0.250 e. The maximum absolute atomic E-state index is 13.0. The number of methoxy groups -OCH3 is 1. The molecule has 1 atom stereocenters. The summed E-state index contributed by atoms with van der Waals surface area (Å²) in [4.78, 5) is 12.3. The number of hydrogen-bond acceptors (Lipinski definition) is 6. The van der Waals surface area contributed by atoms with Crippen molar-refractivity contribution in [2.45, 2.75) is 25.2 Å². The van der Waals surface area contributed by atoms with Crippen LogP contribution in [0.15, 0.2) is 66.7 Å². The first kappa shape index (κ1) is 27.0. The molecule has 5 rings (SSSR count). The van der Waals surface area contributed by atoms with Crippen LogP contribution in [0, 0.1) is 5.92 Å². The fourth-order valence-corrected chi connectivity index (χ4v) is 7.20. The van der Waals surface area contributed by atoms with Gasteiger partial charge in [-0.3, -0.25) is 4.79 Å². The van der Waals surface area contributed by atoms with Gasteiger partial charge in [-0.15, -0.1) is 0 Å². The number of primary amides is 1. The van der Waals surface area contributed by atoms with E-state index in [1.54, 1.807) is 17.5 Å². The summed E-state index contributed by atoms with van der Waals surface area (Å²) in [6.45, 7) is 2.03. The monoisotopic (exact) mass is 549 g/mol. The first-order valence-corrected chi connectivity index (χ1v) is 15.0. The Hall–Kier alpha value is -3.56. The Bertz CT molecular complexity index is 1420. The molecule has 2 aliphatic rings. The summed E-state index contributed by atoms with van der Waals surface area (Å²) in [5.74, 6) is 1.47. The highest BCUT2D eigenvalue weighted by Crippen LogP contribution is 2.44. The molecule has 2 heterocycles. The van der Waals surface area contributed by atoms with Crippen molar-refractivity contribution in [3.63, 3.8) is 0 Å². The van der Waals surface area contributed by atoms with Gasteiger partial charge in [0.25, 0.3) is 5.91 Å². The summed E-state index contributed by atoms with van der Waals surface area (Å²) in [6.07, 6.45) is 1.96. The van der Waals surface area contributed by atoms with Crippen LogP contribution in [0.3, 0.4) is 0 Å². The summed E-state index contributed by atoms with van der Waals surface area (Å²) in [6, 6.07) is 21.3. The third-order valence-corrected chi connectivity index (χ3v) is 9.71. The van der Waals surface area contributed by atoms with Gasteiger partial charge in [-0.05, 0) is 66.1 Å². The van der Waals surface area contributed by atoms with Crippen LogP contribution in [0.2, 0.25) is 0 Å². The van der Waals surface area contributed by atoms with E-state index in [1.807, 2.05) is 54.6 Å². The van der Waals surface area contributed by atoms with E-state index in [2.05, 4.69) is 11.4 Å². The number of nitrogens with two attached hydrogens (primary N) is 1. The molecule has 1 unspecified atom stereocenters. The van der Waals surface area contributed by atoms with Crippen LogP contribution in [-0.4, -0.2) is 57.7 Å². The van der Waals surface area contributed by atoms with Crippen molar-refractivity contribution >= 4 is 21.6 Å². The minimum Gasteiger partial charge on any atom is -0.497 e. The third-order valence-electron chi connectivity index (χ3n) is 7.76. The van der Waals surface area contributed by atoms with Gasteiger partial charge in [-0.1, -0.05) is 36.4 Å². The minimum absolute atomic E-state index is 0.0534. The number of piperidine rings is 1. The Labute approximate surface area is 230 Å². The van der Waals surface area contributed by atoms with Gasteiger partial charge in [-0.25, -0.2) is 12.7 Å². The summed E-state index contributed by atoms with van der Waals surface area (Å²) >= 11 is 0. The summed E-state index contributed by atoms with van der Waals surface area (Å²) in [5, 5.41) is 3.42. The molecule has 0 radical (unpaired) electrons. The Morgan fingerprint density at radius 1 is 1.00 bits per heavy atom. The van der Waals surface area contributed by atoms with E-state index in [9.17, 15) is 13.2 Å². The van der Waals surface area contributed by atoms with Gasteiger partial charge in [0.1, 0.15) is 11.5 Å². The number of carbonyl (C=O) groups excluding carboxylic acids is 1. The van der Waals surface area contributed by atoms with E-state index in [-0.39, 0.29) is 11.7 Å². The van der Waals surface area contributed by atoms with E-state index >= 15 is 0 Å². The lowest BCUT2D eigenvalue weighted by atomic mass is 9.80. The minimum atomic E-state index is -3.37. The molecule has 8 nitrogen and oxygen atoms in total. The molecule has 0 aliphatic carbocycles. The largest absolute Gasteiger partial charge is 0.497 e. The van der Waals surface area contributed by atoms with Gasteiger partial charge >= 0.3 is 0 Å². The highest BCUT2D eigenvalue weighted by atomic mass is 32.2. The predicted octanol–water partition coefficient (Wildman–Crippen LogP) is 4.48. The van der Waals surface area contributed by atoms with E-state index < -0.39 is 15.9 Å². The number of benzene rings is 3. The van der Waals surface area contributed by atoms with Crippen molar-refractivity contribution in [2.24, 2.45) is 11.7 Å². The first-order valence-electron chi connectivity index (χ1n) is 13.4. The van der Waals surface area contributed by atoms with Crippen LogP contribution in [-0.2, 0) is 10.0 Å². The van der Waals surface area contributed by atoms with Crippen molar-refractivity contribution in [1.29, 1.82) is 0 Å². The molecule has 2 aliphatic heterocycles. The lowest BCUT2D eigenvalue weighted by Crippen LogP contribution is -2.41. The zero-order valence-corrected chi connectivity index (χ0v) is 23.0. The highest BCUT2D eigenvalue weighted by molar-refractivity contribution is 7.89. The summed E-state index contributed by atoms with van der Waals surface area (Å²) in [7, 11) is -1.77. The van der Waals surface area contributed by atoms with Crippen molar-refractivity contribution < 1.29 is 22.7 Å². The number of nitrogens with zero attached hydrogens (tertiary/aromatic N) is 1. The topological polar surface area (TPSA) is 111 Å². The van der Waals surface area contributed by atoms with Crippen molar-refractivity contribution in [2.75, 3.05) is 44.4 Å². The zero-order chi connectivity index (χ0) is 27.4. The molecule has 1 amide bonds. The lowest BCUT2D eigenvalue weighted by Gasteiger charge is -2.34. The Balaban J connectivity index is 1.20. The Morgan fingerprint density at radius 3 is 2.46 bits per heavy atom. The van der Waals surface area contributed by atoms with Gasteiger partial charge in [-0.2, -0.15) is 0 Å². The second kappa shape index (κ2) is 11.7. The molecule has 0 aromatic heterocycles. The molecular weight excluding hydrogens is 514 g/mol. The van der Waals surface area contributed by atoms with E-state index in [0.717, 1.165) is 35.2 Å². The van der Waals surface area contributed by atoms with E-state index in [4.69, 9.17) is 15.2 Å². The van der Waals surface area contributed by atoms with Crippen molar-refractivity contribution in [3.8, 4) is 22.6 Å². The maximum Gasteiger partial charge on any atom is 0.250 e. The van der Waals surface area contributed by atoms with Crippen LogP contribution in [0.5, 0.6) is 11.5 Å². The van der Waals surface area contributed by atoms with Crippen LogP contribution in [0.1, 0.15) is 41.1 Å². The van der Waals surface area contributed by atoms with Crippen LogP contribution in [0.25, 0.3) is 11.1 Å². The number of amides is 1. The van der Waals surface area contributed by atoms with E-state index in [1.165, 1.54) is 0 Å². The van der Waals surface area contributed by atoms with Gasteiger partial charge in [0.15, 0.2) is 0 Å². The summed E-state index contributed by atoms with van der Waals surface area (Å²) in [5.41, 5.74) is 10.2. The highest BCUT2D eigenvalue weighted by Gasteiger charge is 2.36. The van der Waals surface area contributed by atoms with Crippen molar-refractivity contribution in [3.05, 3.63) is 77.9 Å². The molecule has 0 bridgehead atoms. The average Bonchev–Trinajstić information content (AvgIpc) is 3.39. The molecule has 3 N–H and O–H groups in total. The molecule has 206 valence electrons. The second-order valence-corrected chi connectivity index (χ2v) is 12.2. The molecular formula is C30H35N3O5S. The second-order valence-electron chi connectivity index (χ2n) is 10.1. The Morgan fingerprint density at radius 2 is 1.74 bits per heavy atom. The molecule has 0 saturated carbocycles. The SMILES string of the molecule is COc1cccc(OCCCS(=O)(=O)N2CCC(C3CNc4c(C(N)=O)cc(-c5ccccc5)cc43)CC2)c1. The van der Waals surface area contributed by atoms with Crippen LogP contribution in [0.4, 0.5) is 5.69 Å². The number of rotatable bonds is 10. The standard InChI is InChI=1S/C30H35N3O5S/c1-37-24-9-5-10-25(19-24)38-15-6-16-39(35,36)33-13-11-22(12-14-33)28-20-32-29-26(28)17-23(18-27(29)30(31)34)21-7-3-2-4-8-21/h2-5,7-10,17-19,22,28,32H,6,11-16,20H2,1H3,(H2,31,34). The molecule has 9 heteroatoms. The number of sulfonamides is 1. The number of anilines is 1. The quantitative estimate of drug-likeness (QED) is 0.361. The molecule has 39 heavy (non-hydrogen) atoms. The predicted molar refractivity (Wildman–Crippen MR) is 153 cm³/mol. The number of fused-ring (bicyclic) bond motifs is 1. The molecule has 3 aromatic rings. The van der Waals surface area contributed by atoms with Crippen LogP contribution < -0.4 is 20.5 Å². The first-order chi connectivity index (χ1) is 18.9. The van der Waals surface area contributed by atoms with Gasteiger partial charge in [0, 0.05) is 31.6 Å². The van der Waals surface area contributed by atoms with Gasteiger partial charge in [0.2, 0.25) is 10.0 Å². The van der Waals surface area contributed by atoms with Gasteiger partial charge in [0.05, 0.1) is 30.7 Å². The molecule has 1 saturated heterocycles. The zero-order valence-electron chi connectivity index (χ0n) is 22.1. The number of ether oxygens (including phenoxy) is 2. The van der Waals surface area contributed by atoms with Crippen molar-refractivity contribution in [1.82, 2.24) is 4.31 Å². The fourth-order valence-electron chi connectivity index (χ4n) is 5.70. The fraction of sp³-hybridized carbons (Fsp3) is 0.367. The number of hydrogen-bond donors (Lipinski definition) is 2. The average molecular weight is 550 g/mol. The Kier molecular flexibility index (Phi) is 8.09. The molecule has 3 aromatic carbocycles. The third kappa shape index (κ3) is 6.04. The van der Waals surface area contributed by atoms with Gasteiger partial charge < -0.3 is 20.5 Å². The number of carbonyl (C=O) groups is 1. The molecule has 0 spiro atoms. The lowest BCUT2D eigenvalue weighted by molar-refractivity contribution is 0.100. The number of nitrogens with one attached hydrogen (secondary N) is 1. The summed E-state index contributed by atoms with van der Waals surface area (Å²) < 4.78 is 38.6.